The lowest BCUT2D eigenvalue weighted by Crippen LogP contribution is -2.30. The lowest BCUT2D eigenvalue weighted by atomic mass is 10.0. The molecule has 1 aliphatic rings. The third-order valence-electron chi connectivity index (χ3n) is 4.37. The molecule has 0 unspecified atom stereocenters. The van der Waals surface area contributed by atoms with E-state index in [1.165, 1.54) is 0 Å². The van der Waals surface area contributed by atoms with Crippen molar-refractivity contribution in [3.05, 3.63) is 66.1 Å². The van der Waals surface area contributed by atoms with E-state index < -0.39 is 0 Å². The van der Waals surface area contributed by atoms with Crippen LogP contribution in [-0.2, 0) is 0 Å². The van der Waals surface area contributed by atoms with Crippen LogP contribution < -0.4 is 4.73 Å². The molecule has 1 N–H and O–H groups in total. The van der Waals surface area contributed by atoms with Crippen molar-refractivity contribution in [2.24, 2.45) is 0 Å². The SMILES string of the molecule is [O-][n+]1c2c(n(O)c1-c1cccnc1)-c1cccc3cccc-2c13. The van der Waals surface area contributed by atoms with E-state index in [0.29, 0.717) is 17.0 Å². The second-order valence-electron chi connectivity index (χ2n) is 5.58. The van der Waals surface area contributed by atoms with Crippen LogP contribution in [0.15, 0.2) is 60.9 Å². The summed E-state index contributed by atoms with van der Waals surface area (Å²) in [5.41, 5.74) is 3.31. The molecule has 0 bridgehead atoms. The van der Waals surface area contributed by atoms with Gasteiger partial charge in [-0.05, 0) is 34.4 Å². The number of hydrogen-bond donors (Lipinski definition) is 1. The van der Waals surface area contributed by atoms with Crippen LogP contribution >= 0.6 is 0 Å². The number of rotatable bonds is 1. The van der Waals surface area contributed by atoms with Gasteiger partial charge in [0.15, 0.2) is 5.69 Å². The van der Waals surface area contributed by atoms with Gasteiger partial charge in [-0.2, -0.15) is 0 Å². The molecular formula is C18H11N3O2. The van der Waals surface area contributed by atoms with E-state index >= 15 is 0 Å². The van der Waals surface area contributed by atoms with Gasteiger partial charge < -0.3 is 10.4 Å². The molecule has 2 heterocycles. The summed E-state index contributed by atoms with van der Waals surface area (Å²) in [5, 5.41) is 25.6. The number of fused-ring (bicyclic) bond motifs is 3. The zero-order valence-electron chi connectivity index (χ0n) is 12.0. The Labute approximate surface area is 131 Å². The normalized spacial score (nSPS) is 11.8. The van der Waals surface area contributed by atoms with Gasteiger partial charge in [0.05, 0.1) is 5.56 Å². The topological polar surface area (TPSA) is 65.0 Å². The number of imidazole rings is 1. The van der Waals surface area contributed by atoms with E-state index in [0.717, 1.165) is 31.4 Å². The van der Waals surface area contributed by atoms with Gasteiger partial charge in [-0.1, -0.05) is 24.3 Å². The Bertz CT molecular complexity index is 1020. The van der Waals surface area contributed by atoms with Crippen molar-refractivity contribution in [2.45, 2.75) is 0 Å². The van der Waals surface area contributed by atoms with Gasteiger partial charge in [-0.15, -0.1) is 0 Å². The number of hydrogen-bond acceptors (Lipinski definition) is 3. The van der Waals surface area contributed by atoms with Crippen LogP contribution in [0, 0.1) is 5.21 Å². The highest BCUT2D eigenvalue weighted by Gasteiger charge is 2.37. The van der Waals surface area contributed by atoms with E-state index in [2.05, 4.69) is 4.98 Å². The molecule has 0 saturated carbocycles. The van der Waals surface area contributed by atoms with Crippen LogP contribution in [0.5, 0.6) is 0 Å². The Kier molecular flexibility index (Phi) is 2.18. The Morgan fingerprint density at radius 1 is 1.00 bits per heavy atom. The second kappa shape index (κ2) is 4.10. The average molecular weight is 301 g/mol. The molecule has 110 valence electrons. The minimum atomic E-state index is 0.176. The summed E-state index contributed by atoms with van der Waals surface area (Å²) in [5.74, 6) is 0.176. The molecular weight excluding hydrogens is 290 g/mol. The predicted molar refractivity (Wildman–Crippen MR) is 85.7 cm³/mol. The molecule has 0 radical (unpaired) electrons. The summed E-state index contributed by atoms with van der Waals surface area (Å²) in [6, 6.07) is 15.2. The molecule has 2 aromatic carbocycles. The minimum Gasteiger partial charge on any atom is -0.710 e. The lowest BCUT2D eigenvalue weighted by molar-refractivity contribution is -0.582. The molecule has 2 aromatic heterocycles. The maximum atomic E-state index is 12.9. The van der Waals surface area contributed by atoms with Crippen molar-refractivity contribution >= 4 is 10.8 Å². The lowest BCUT2D eigenvalue weighted by Gasteiger charge is -2.07. The van der Waals surface area contributed by atoms with Crippen molar-refractivity contribution in [3.63, 3.8) is 0 Å². The zero-order chi connectivity index (χ0) is 15.6. The number of aromatic nitrogens is 3. The van der Waals surface area contributed by atoms with Gasteiger partial charge >= 0.3 is 5.82 Å². The van der Waals surface area contributed by atoms with Gasteiger partial charge in [0.1, 0.15) is 0 Å². The summed E-state index contributed by atoms with van der Waals surface area (Å²) in [6.07, 6.45) is 3.20. The molecule has 5 nitrogen and oxygen atoms in total. The molecule has 0 aliphatic heterocycles. The second-order valence-corrected chi connectivity index (χ2v) is 5.58. The first kappa shape index (κ1) is 12.2. The number of nitrogens with zero attached hydrogens (tertiary/aromatic N) is 3. The average Bonchev–Trinajstić information content (AvgIpc) is 3.05. The zero-order valence-corrected chi connectivity index (χ0v) is 12.0. The van der Waals surface area contributed by atoms with Gasteiger partial charge in [-0.3, -0.25) is 4.98 Å². The number of benzene rings is 2. The van der Waals surface area contributed by atoms with E-state index in [9.17, 15) is 10.4 Å². The van der Waals surface area contributed by atoms with Gasteiger partial charge in [0, 0.05) is 28.9 Å². The summed E-state index contributed by atoms with van der Waals surface area (Å²) in [6.45, 7) is 0. The minimum absolute atomic E-state index is 0.176. The molecule has 5 heteroatoms. The predicted octanol–water partition coefficient (Wildman–Crippen LogP) is 3.22. The highest BCUT2D eigenvalue weighted by Crippen LogP contribution is 2.46. The van der Waals surface area contributed by atoms with Gasteiger partial charge in [0.25, 0.3) is 0 Å². The summed E-state index contributed by atoms with van der Waals surface area (Å²) < 4.78 is 1.77. The molecule has 0 atom stereocenters. The van der Waals surface area contributed by atoms with Crippen molar-refractivity contribution in [3.8, 4) is 33.9 Å². The molecule has 0 amide bonds. The van der Waals surface area contributed by atoms with Gasteiger partial charge in [-0.25, -0.2) is 4.73 Å². The smallest absolute Gasteiger partial charge is 0.333 e. The van der Waals surface area contributed by atoms with Crippen LogP contribution in [0.25, 0.3) is 44.7 Å². The van der Waals surface area contributed by atoms with E-state index in [1.807, 2.05) is 36.4 Å². The van der Waals surface area contributed by atoms with Crippen LogP contribution in [0.2, 0.25) is 0 Å². The van der Waals surface area contributed by atoms with E-state index in [-0.39, 0.29) is 5.82 Å². The standard InChI is InChI=1S/C18H11N3O2/c22-20-16-13-7-1-4-11-5-2-8-14(15(11)13)17(16)21(23)18(20)12-6-3-9-19-10-12/h1-10,22H. The summed E-state index contributed by atoms with van der Waals surface area (Å²) in [7, 11) is 0. The maximum Gasteiger partial charge on any atom is 0.333 e. The molecule has 0 saturated heterocycles. The summed E-state index contributed by atoms with van der Waals surface area (Å²) >= 11 is 0. The van der Waals surface area contributed by atoms with Crippen LogP contribution in [0.4, 0.5) is 0 Å². The Morgan fingerprint density at radius 3 is 2.52 bits per heavy atom. The monoisotopic (exact) mass is 301 g/mol. The Balaban J connectivity index is 1.92. The Morgan fingerprint density at radius 2 is 1.78 bits per heavy atom. The quantitative estimate of drug-likeness (QED) is 0.294. The van der Waals surface area contributed by atoms with Crippen molar-refractivity contribution in [2.75, 3.05) is 0 Å². The first-order valence-corrected chi connectivity index (χ1v) is 7.28. The van der Waals surface area contributed by atoms with Crippen molar-refractivity contribution < 1.29 is 9.94 Å². The fraction of sp³-hybridized carbons (Fsp3) is 0. The molecule has 0 spiro atoms. The fourth-order valence-corrected chi connectivity index (χ4v) is 3.44. The molecule has 1 aliphatic carbocycles. The van der Waals surface area contributed by atoms with Crippen molar-refractivity contribution in [1.82, 2.24) is 9.71 Å². The maximum absolute atomic E-state index is 12.9. The molecule has 5 rings (SSSR count). The molecule has 23 heavy (non-hydrogen) atoms. The Hall–Kier alpha value is -3.34. The fourth-order valence-electron chi connectivity index (χ4n) is 3.44. The van der Waals surface area contributed by atoms with Crippen LogP contribution in [-0.4, -0.2) is 14.9 Å². The summed E-state index contributed by atoms with van der Waals surface area (Å²) in [4.78, 5) is 4.03. The number of pyridine rings is 1. The van der Waals surface area contributed by atoms with Crippen molar-refractivity contribution in [1.29, 1.82) is 0 Å². The van der Waals surface area contributed by atoms with Crippen LogP contribution in [0.3, 0.4) is 0 Å². The molecule has 4 aromatic rings. The van der Waals surface area contributed by atoms with E-state index in [4.69, 9.17) is 0 Å². The third-order valence-corrected chi connectivity index (χ3v) is 4.37. The molecule has 0 fully saturated rings. The third kappa shape index (κ3) is 1.41. The largest absolute Gasteiger partial charge is 0.710 e. The first-order chi connectivity index (χ1) is 11.3. The van der Waals surface area contributed by atoms with E-state index in [1.54, 1.807) is 24.5 Å². The van der Waals surface area contributed by atoms with Crippen LogP contribution in [0.1, 0.15) is 0 Å². The first-order valence-electron chi connectivity index (χ1n) is 7.28. The highest BCUT2D eigenvalue weighted by atomic mass is 16.5. The highest BCUT2D eigenvalue weighted by molar-refractivity contribution is 6.13. The van der Waals surface area contributed by atoms with Gasteiger partial charge in [0.2, 0.25) is 5.69 Å².